The highest BCUT2D eigenvalue weighted by molar-refractivity contribution is 9.10. The van der Waals surface area contributed by atoms with Crippen LogP contribution >= 0.6 is 15.9 Å². The predicted octanol–water partition coefficient (Wildman–Crippen LogP) is 3.32. The third-order valence-electron chi connectivity index (χ3n) is 2.58. The van der Waals surface area contributed by atoms with E-state index in [0.29, 0.717) is 18.0 Å². The van der Waals surface area contributed by atoms with Gasteiger partial charge < -0.3 is 10.1 Å². The Kier molecular flexibility index (Phi) is 3.87. The molecule has 1 aliphatic rings. The highest BCUT2D eigenvalue weighted by Crippen LogP contribution is 2.27. The highest BCUT2D eigenvalue weighted by Gasteiger charge is 2.19. The molecule has 94 valence electrons. The van der Waals surface area contributed by atoms with Crippen molar-refractivity contribution in [2.45, 2.75) is 13.3 Å². The second-order valence-electron chi connectivity index (χ2n) is 4.03. The predicted molar refractivity (Wildman–Crippen MR) is 75.5 cm³/mol. The number of nitrogens with one attached hydrogen (secondary N) is 1. The van der Waals surface area contributed by atoms with Gasteiger partial charge in [-0.15, -0.1) is 0 Å². The van der Waals surface area contributed by atoms with Crippen LogP contribution in [-0.4, -0.2) is 12.6 Å². The molecule has 18 heavy (non-hydrogen) atoms. The third kappa shape index (κ3) is 2.64. The molecule has 0 bridgehead atoms. The Morgan fingerprint density at radius 2 is 2.28 bits per heavy atom. The fourth-order valence-electron chi connectivity index (χ4n) is 1.73. The van der Waals surface area contributed by atoms with Crippen molar-refractivity contribution in [3.05, 3.63) is 46.1 Å². The van der Waals surface area contributed by atoms with Gasteiger partial charge >= 0.3 is 5.97 Å². The lowest BCUT2D eigenvalue weighted by molar-refractivity contribution is -0.139. The van der Waals surface area contributed by atoms with Gasteiger partial charge in [0.05, 0.1) is 6.61 Å². The normalized spacial score (nSPS) is 13.4. The number of carbonyl (C=O) groups excluding carboxylic acids is 1. The topological polar surface area (TPSA) is 38.3 Å². The largest absolute Gasteiger partial charge is 0.461 e. The van der Waals surface area contributed by atoms with Crippen LogP contribution in [0.2, 0.25) is 0 Å². The van der Waals surface area contributed by atoms with Gasteiger partial charge in [-0.2, -0.15) is 0 Å². The van der Waals surface area contributed by atoms with E-state index in [2.05, 4.69) is 27.8 Å². The van der Waals surface area contributed by atoms with Gasteiger partial charge in [0.1, 0.15) is 5.70 Å². The van der Waals surface area contributed by atoms with Gasteiger partial charge in [-0.1, -0.05) is 35.5 Å². The van der Waals surface area contributed by atoms with E-state index in [1.807, 2.05) is 25.1 Å². The van der Waals surface area contributed by atoms with E-state index in [1.165, 1.54) is 0 Å². The first-order chi connectivity index (χ1) is 8.61. The average molecular weight is 308 g/mol. The summed E-state index contributed by atoms with van der Waals surface area (Å²) in [6, 6.07) is 5.85. The number of ether oxygens (including phenoxy) is 1. The van der Waals surface area contributed by atoms with Crippen molar-refractivity contribution >= 4 is 33.7 Å². The lowest BCUT2D eigenvalue weighted by Crippen LogP contribution is -2.24. The summed E-state index contributed by atoms with van der Waals surface area (Å²) in [7, 11) is 0. The molecule has 0 aliphatic carbocycles. The van der Waals surface area contributed by atoms with Gasteiger partial charge in [0.2, 0.25) is 0 Å². The number of fused-ring (bicyclic) bond motifs is 1. The molecule has 3 nitrogen and oxygen atoms in total. The zero-order valence-electron chi connectivity index (χ0n) is 10.1. The van der Waals surface area contributed by atoms with Gasteiger partial charge in [-0.05, 0) is 30.2 Å². The SMILES string of the molecule is C=C1NC(C(=O)OCCC)=Cc2cc(Br)ccc21. The van der Waals surface area contributed by atoms with Crippen molar-refractivity contribution < 1.29 is 9.53 Å². The van der Waals surface area contributed by atoms with Crippen LogP contribution < -0.4 is 5.32 Å². The van der Waals surface area contributed by atoms with Crippen molar-refractivity contribution in [3.8, 4) is 0 Å². The molecule has 4 heteroatoms. The second kappa shape index (κ2) is 5.40. The number of hydrogen-bond donors (Lipinski definition) is 1. The maximum atomic E-state index is 11.8. The maximum absolute atomic E-state index is 11.8. The molecular weight excluding hydrogens is 294 g/mol. The molecule has 1 aromatic carbocycles. The van der Waals surface area contributed by atoms with Crippen LogP contribution in [-0.2, 0) is 9.53 Å². The van der Waals surface area contributed by atoms with E-state index in [-0.39, 0.29) is 5.97 Å². The number of rotatable bonds is 3. The summed E-state index contributed by atoms with van der Waals surface area (Å²) in [5, 5.41) is 2.98. The average Bonchev–Trinajstić information content (AvgIpc) is 2.35. The van der Waals surface area contributed by atoms with Crippen molar-refractivity contribution in [2.24, 2.45) is 0 Å². The van der Waals surface area contributed by atoms with Crippen LogP contribution in [0.3, 0.4) is 0 Å². The smallest absolute Gasteiger partial charge is 0.354 e. The van der Waals surface area contributed by atoms with Crippen molar-refractivity contribution in [2.75, 3.05) is 6.61 Å². The van der Waals surface area contributed by atoms with Crippen LogP contribution in [0.1, 0.15) is 24.5 Å². The molecule has 1 aromatic rings. The lowest BCUT2D eigenvalue weighted by atomic mass is 10.0. The summed E-state index contributed by atoms with van der Waals surface area (Å²) in [5.74, 6) is -0.344. The molecule has 0 unspecified atom stereocenters. The summed E-state index contributed by atoms with van der Waals surface area (Å²) in [6.45, 7) is 6.31. The number of esters is 1. The monoisotopic (exact) mass is 307 g/mol. The van der Waals surface area contributed by atoms with Crippen LogP contribution in [0.15, 0.2) is 34.9 Å². The van der Waals surface area contributed by atoms with Crippen LogP contribution in [0.25, 0.3) is 11.8 Å². The quantitative estimate of drug-likeness (QED) is 0.871. The summed E-state index contributed by atoms with van der Waals surface area (Å²) < 4.78 is 6.07. The minimum absolute atomic E-state index is 0.344. The summed E-state index contributed by atoms with van der Waals surface area (Å²) in [4.78, 5) is 11.8. The van der Waals surface area contributed by atoms with Crippen molar-refractivity contribution in [3.63, 3.8) is 0 Å². The molecular formula is C14H14BrNO2. The number of carbonyl (C=O) groups is 1. The lowest BCUT2D eigenvalue weighted by Gasteiger charge is -2.20. The molecule has 1 aliphatic heterocycles. The number of hydrogen-bond acceptors (Lipinski definition) is 3. The molecule has 0 fully saturated rings. The molecule has 0 saturated carbocycles. The summed E-state index contributed by atoms with van der Waals surface area (Å²) >= 11 is 3.41. The molecule has 0 amide bonds. The van der Waals surface area contributed by atoms with Crippen LogP contribution in [0.4, 0.5) is 0 Å². The van der Waals surface area contributed by atoms with Crippen LogP contribution in [0, 0.1) is 0 Å². The van der Waals surface area contributed by atoms with E-state index in [9.17, 15) is 4.79 Å². The maximum Gasteiger partial charge on any atom is 0.354 e. The highest BCUT2D eigenvalue weighted by atomic mass is 79.9. The first kappa shape index (κ1) is 12.9. The van der Waals surface area contributed by atoms with Gasteiger partial charge in [0, 0.05) is 15.7 Å². The van der Waals surface area contributed by atoms with Gasteiger partial charge in [-0.3, -0.25) is 0 Å². The summed E-state index contributed by atoms with van der Waals surface area (Å²) in [6.07, 6.45) is 2.59. The molecule has 1 N–H and O–H groups in total. The first-order valence-corrected chi connectivity index (χ1v) is 6.55. The minimum Gasteiger partial charge on any atom is -0.461 e. The van der Waals surface area contributed by atoms with E-state index in [1.54, 1.807) is 6.08 Å². The fraction of sp³-hybridized carbons (Fsp3) is 0.214. The Bertz CT molecular complexity index is 535. The van der Waals surface area contributed by atoms with Gasteiger partial charge in [0.15, 0.2) is 0 Å². The Morgan fingerprint density at radius 1 is 1.50 bits per heavy atom. The summed E-state index contributed by atoms with van der Waals surface area (Å²) in [5.41, 5.74) is 3.09. The third-order valence-corrected chi connectivity index (χ3v) is 3.07. The van der Waals surface area contributed by atoms with E-state index in [0.717, 1.165) is 22.0 Å². The second-order valence-corrected chi connectivity index (χ2v) is 4.94. The minimum atomic E-state index is -0.344. The Morgan fingerprint density at radius 3 is 3.00 bits per heavy atom. The van der Waals surface area contributed by atoms with E-state index < -0.39 is 0 Å². The van der Waals surface area contributed by atoms with Crippen LogP contribution in [0.5, 0.6) is 0 Å². The fourth-order valence-corrected chi connectivity index (χ4v) is 2.11. The molecule has 0 saturated heterocycles. The Hall–Kier alpha value is -1.55. The Balaban J connectivity index is 2.30. The zero-order chi connectivity index (χ0) is 13.1. The number of halogens is 1. The molecule has 0 atom stereocenters. The molecule has 2 rings (SSSR count). The van der Waals surface area contributed by atoms with Crippen molar-refractivity contribution in [1.29, 1.82) is 0 Å². The standard InChI is InChI=1S/C14H14BrNO2/c1-3-6-18-14(17)13-8-10-7-11(15)4-5-12(10)9(2)16-13/h4-5,7-8,16H,2-3,6H2,1H3. The Labute approximate surface area is 115 Å². The zero-order valence-corrected chi connectivity index (χ0v) is 11.7. The molecule has 0 aromatic heterocycles. The van der Waals surface area contributed by atoms with Crippen molar-refractivity contribution in [1.82, 2.24) is 5.32 Å². The molecule has 0 spiro atoms. The van der Waals surface area contributed by atoms with Gasteiger partial charge in [-0.25, -0.2) is 4.79 Å². The van der Waals surface area contributed by atoms with E-state index >= 15 is 0 Å². The van der Waals surface area contributed by atoms with E-state index in [4.69, 9.17) is 4.74 Å². The molecule has 1 heterocycles. The first-order valence-electron chi connectivity index (χ1n) is 5.76. The molecule has 0 radical (unpaired) electrons. The number of benzene rings is 1. The van der Waals surface area contributed by atoms with Gasteiger partial charge in [0.25, 0.3) is 0 Å².